The van der Waals surface area contributed by atoms with Crippen LogP contribution in [0.3, 0.4) is 0 Å². The fourth-order valence-corrected chi connectivity index (χ4v) is 2.21. The molecule has 1 heterocycles. The Labute approximate surface area is 112 Å². The molecule has 0 radical (unpaired) electrons. The minimum atomic E-state index is 0.0313. The Morgan fingerprint density at radius 1 is 0.947 bits per heavy atom. The Morgan fingerprint density at radius 3 is 2.21 bits per heavy atom. The first-order valence-electron chi connectivity index (χ1n) is 6.45. The van der Waals surface area contributed by atoms with Gasteiger partial charge < -0.3 is 10.6 Å². The smallest absolute Gasteiger partial charge is 0.145 e. The molecule has 0 amide bonds. The second-order valence-corrected chi connectivity index (χ2v) is 4.65. The van der Waals surface area contributed by atoms with E-state index in [4.69, 9.17) is 10.6 Å². The van der Waals surface area contributed by atoms with Crippen LogP contribution in [-0.2, 0) is 4.84 Å². The Hall–Kier alpha value is -2.13. The molecule has 1 unspecified atom stereocenters. The highest BCUT2D eigenvalue weighted by Crippen LogP contribution is 2.21. The summed E-state index contributed by atoms with van der Waals surface area (Å²) in [6.45, 7) is 0.509. The van der Waals surface area contributed by atoms with Crippen LogP contribution in [-0.4, -0.2) is 18.4 Å². The third-order valence-corrected chi connectivity index (χ3v) is 3.32. The molecule has 0 bridgehead atoms. The van der Waals surface area contributed by atoms with Gasteiger partial charge in [-0.05, 0) is 16.7 Å². The van der Waals surface area contributed by atoms with Crippen molar-refractivity contribution in [1.29, 1.82) is 0 Å². The zero-order chi connectivity index (χ0) is 13.1. The summed E-state index contributed by atoms with van der Waals surface area (Å²) in [7, 11) is 0. The summed E-state index contributed by atoms with van der Waals surface area (Å²) in [5.41, 5.74) is 10.1. The molecule has 1 aliphatic rings. The van der Waals surface area contributed by atoms with Crippen molar-refractivity contribution in [3.05, 3.63) is 60.2 Å². The second-order valence-electron chi connectivity index (χ2n) is 4.65. The third kappa shape index (κ3) is 2.51. The number of oxime groups is 1. The van der Waals surface area contributed by atoms with Gasteiger partial charge in [-0.15, -0.1) is 0 Å². The molecule has 0 saturated carbocycles. The van der Waals surface area contributed by atoms with Crippen LogP contribution < -0.4 is 5.73 Å². The van der Waals surface area contributed by atoms with Gasteiger partial charge in [-0.2, -0.15) is 0 Å². The van der Waals surface area contributed by atoms with Crippen molar-refractivity contribution in [2.75, 3.05) is 6.54 Å². The maximum atomic E-state index is 5.58. The molecule has 0 fully saturated rings. The highest BCUT2D eigenvalue weighted by atomic mass is 16.6. The fourth-order valence-electron chi connectivity index (χ4n) is 2.21. The van der Waals surface area contributed by atoms with Gasteiger partial charge in [0.05, 0.1) is 5.71 Å². The topological polar surface area (TPSA) is 47.6 Å². The van der Waals surface area contributed by atoms with E-state index >= 15 is 0 Å². The maximum Gasteiger partial charge on any atom is 0.145 e. The average Bonchev–Trinajstić information content (AvgIpc) is 2.97. The van der Waals surface area contributed by atoms with Crippen molar-refractivity contribution < 1.29 is 4.84 Å². The van der Waals surface area contributed by atoms with E-state index in [1.165, 1.54) is 11.1 Å². The predicted octanol–water partition coefficient (Wildman–Crippen LogP) is 2.81. The van der Waals surface area contributed by atoms with Gasteiger partial charge in [0.1, 0.15) is 6.10 Å². The lowest BCUT2D eigenvalue weighted by molar-refractivity contribution is 0.0918. The second kappa shape index (κ2) is 5.24. The Balaban J connectivity index is 1.80. The number of nitrogens with zero attached hydrogens (tertiary/aromatic N) is 1. The molecular formula is C16H16N2O. The summed E-state index contributed by atoms with van der Waals surface area (Å²) >= 11 is 0. The van der Waals surface area contributed by atoms with Crippen LogP contribution in [0.2, 0.25) is 0 Å². The molecule has 19 heavy (non-hydrogen) atoms. The molecule has 96 valence electrons. The van der Waals surface area contributed by atoms with E-state index < -0.39 is 0 Å². The van der Waals surface area contributed by atoms with Crippen LogP contribution in [0.5, 0.6) is 0 Å². The highest BCUT2D eigenvalue weighted by molar-refractivity contribution is 6.01. The molecule has 2 N–H and O–H groups in total. The summed E-state index contributed by atoms with van der Waals surface area (Å²) in [6.07, 6.45) is 0.824. The first kappa shape index (κ1) is 11.9. The van der Waals surface area contributed by atoms with Gasteiger partial charge in [0.15, 0.2) is 0 Å². The van der Waals surface area contributed by atoms with Crippen molar-refractivity contribution >= 4 is 5.71 Å². The van der Waals surface area contributed by atoms with Gasteiger partial charge in [0, 0.05) is 13.0 Å². The summed E-state index contributed by atoms with van der Waals surface area (Å²) in [4.78, 5) is 5.25. The highest BCUT2D eigenvalue weighted by Gasteiger charge is 2.20. The maximum absolute atomic E-state index is 5.58. The molecule has 3 heteroatoms. The molecule has 2 aromatic rings. The van der Waals surface area contributed by atoms with E-state index in [2.05, 4.69) is 41.6 Å². The van der Waals surface area contributed by atoms with Crippen molar-refractivity contribution in [2.24, 2.45) is 10.9 Å². The third-order valence-electron chi connectivity index (χ3n) is 3.32. The average molecular weight is 252 g/mol. The molecule has 1 atom stereocenters. The quantitative estimate of drug-likeness (QED) is 0.913. The monoisotopic (exact) mass is 252 g/mol. The molecule has 0 aromatic heterocycles. The lowest BCUT2D eigenvalue weighted by atomic mass is 10.0. The molecule has 1 aliphatic heterocycles. The van der Waals surface area contributed by atoms with E-state index in [1.807, 2.05) is 18.2 Å². The lowest BCUT2D eigenvalue weighted by Gasteiger charge is -2.04. The number of benzene rings is 2. The van der Waals surface area contributed by atoms with Crippen LogP contribution in [0.4, 0.5) is 0 Å². The number of hydrogen-bond donors (Lipinski definition) is 1. The number of rotatable bonds is 3. The first-order chi connectivity index (χ1) is 9.36. The van der Waals surface area contributed by atoms with Gasteiger partial charge >= 0.3 is 0 Å². The van der Waals surface area contributed by atoms with E-state index in [0.29, 0.717) is 6.54 Å². The summed E-state index contributed by atoms with van der Waals surface area (Å²) < 4.78 is 0. The fraction of sp³-hybridized carbons (Fsp3) is 0.188. The van der Waals surface area contributed by atoms with Crippen molar-refractivity contribution in [3.63, 3.8) is 0 Å². The van der Waals surface area contributed by atoms with Crippen LogP contribution in [0.15, 0.2) is 59.8 Å². The van der Waals surface area contributed by atoms with Crippen LogP contribution in [0.25, 0.3) is 11.1 Å². The zero-order valence-corrected chi connectivity index (χ0v) is 10.6. The summed E-state index contributed by atoms with van der Waals surface area (Å²) in [5.74, 6) is 0. The van der Waals surface area contributed by atoms with E-state index in [-0.39, 0.29) is 6.10 Å². The molecule has 0 aliphatic carbocycles. The van der Waals surface area contributed by atoms with Crippen molar-refractivity contribution in [3.8, 4) is 11.1 Å². The van der Waals surface area contributed by atoms with Gasteiger partial charge in [-0.3, -0.25) is 0 Å². The van der Waals surface area contributed by atoms with Crippen molar-refractivity contribution in [1.82, 2.24) is 0 Å². The lowest BCUT2D eigenvalue weighted by Crippen LogP contribution is -2.20. The normalized spacial score (nSPS) is 17.9. The number of nitrogens with two attached hydrogens (primary N) is 1. The van der Waals surface area contributed by atoms with Gasteiger partial charge in [0.2, 0.25) is 0 Å². The largest absolute Gasteiger partial charge is 0.390 e. The Kier molecular flexibility index (Phi) is 3.29. The molecule has 2 aromatic carbocycles. The predicted molar refractivity (Wildman–Crippen MR) is 77.0 cm³/mol. The standard InChI is InChI=1S/C16H16N2O/c17-11-15-10-16(18-19-15)14-8-6-13(7-9-14)12-4-2-1-3-5-12/h1-9,15H,10-11,17H2. The van der Waals surface area contributed by atoms with E-state index in [9.17, 15) is 0 Å². The minimum absolute atomic E-state index is 0.0313. The van der Waals surface area contributed by atoms with Gasteiger partial charge in [0.25, 0.3) is 0 Å². The minimum Gasteiger partial charge on any atom is -0.390 e. The summed E-state index contributed by atoms with van der Waals surface area (Å²) in [6, 6.07) is 18.7. The SMILES string of the molecule is NCC1CC(c2ccc(-c3ccccc3)cc2)=NO1. The first-order valence-corrected chi connectivity index (χ1v) is 6.45. The zero-order valence-electron chi connectivity index (χ0n) is 10.6. The van der Waals surface area contributed by atoms with E-state index in [1.54, 1.807) is 0 Å². The number of hydrogen-bond acceptors (Lipinski definition) is 3. The van der Waals surface area contributed by atoms with Gasteiger partial charge in [-0.1, -0.05) is 59.8 Å². The van der Waals surface area contributed by atoms with Gasteiger partial charge in [-0.25, -0.2) is 0 Å². The molecular weight excluding hydrogens is 236 g/mol. The Morgan fingerprint density at radius 2 is 1.58 bits per heavy atom. The Bertz CT molecular complexity index is 575. The molecule has 3 rings (SSSR count). The molecule has 3 nitrogen and oxygen atoms in total. The van der Waals surface area contributed by atoms with Crippen LogP contribution in [0.1, 0.15) is 12.0 Å². The van der Waals surface area contributed by atoms with E-state index in [0.717, 1.165) is 17.7 Å². The van der Waals surface area contributed by atoms with Crippen molar-refractivity contribution in [2.45, 2.75) is 12.5 Å². The van der Waals surface area contributed by atoms with Crippen LogP contribution in [0, 0.1) is 0 Å². The molecule has 0 spiro atoms. The molecule has 0 saturated heterocycles. The summed E-state index contributed by atoms with van der Waals surface area (Å²) in [5, 5.41) is 4.10. The van der Waals surface area contributed by atoms with Crippen LogP contribution >= 0.6 is 0 Å².